The van der Waals surface area contributed by atoms with E-state index in [1.807, 2.05) is 12.3 Å². The topological polar surface area (TPSA) is 49.6 Å². The van der Waals surface area contributed by atoms with Gasteiger partial charge in [0, 0.05) is 38.5 Å². The first-order valence-electron chi connectivity index (χ1n) is 13.0. The lowest BCUT2D eigenvalue weighted by molar-refractivity contribution is 0.186. The van der Waals surface area contributed by atoms with E-state index in [1.165, 1.54) is 23.4 Å². The molecule has 1 saturated carbocycles. The smallest absolute Gasteiger partial charge is 0.193 e. The molecule has 1 fully saturated rings. The molecule has 1 aliphatic carbocycles. The Bertz CT molecular complexity index is 1360. The molecular weight excluding hydrogens is 463 g/mol. The predicted molar refractivity (Wildman–Crippen MR) is 152 cm³/mol. The zero-order valence-corrected chi connectivity index (χ0v) is 23.2. The Morgan fingerprint density at radius 3 is 2.46 bits per heavy atom. The van der Waals surface area contributed by atoms with E-state index in [0.29, 0.717) is 17.3 Å². The van der Waals surface area contributed by atoms with Gasteiger partial charge in [-0.05, 0) is 67.5 Å². The number of aromatic nitrogens is 1. The molecule has 2 aliphatic rings. The van der Waals surface area contributed by atoms with Crippen LogP contribution in [0.1, 0.15) is 70.3 Å². The van der Waals surface area contributed by atoms with Crippen LogP contribution in [0.5, 0.6) is 0 Å². The highest BCUT2D eigenvalue weighted by Crippen LogP contribution is 2.49. The Morgan fingerprint density at radius 1 is 1.22 bits per heavy atom. The molecule has 0 bridgehead atoms. The van der Waals surface area contributed by atoms with Gasteiger partial charge in [-0.15, -0.1) is 0 Å². The average molecular weight is 503 g/mol. The number of likely N-dealkylation sites (N-methyl/N-ethyl adjacent to an activating group) is 1. The standard InChI is InChI=1S/C31H39FN4O/c1-9-34-30(33-7)23-17-36-24(16-25(23)37)29(35(8)18-26(36)31(4,5)6)28(21-11-10-12-22(32)15-21)27(19(2)3)20-13-14-20/h9-12,15-17,20,26H,1,13-14,18H2,2-8H3,(H,33,34)/b29-28-/t26-/m0/s1. The second kappa shape index (κ2) is 10.2. The largest absolute Gasteiger partial charge is 0.370 e. The van der Waals surface area contributed by atoms with Crippen molar-refractivity contribution in [1.82, 2.24) is 14.8 Å². The van der Waals surface area contributed by atoms with Gasteiger partial charge in [-0.2, -0.15) is 0 Å². The van der Waals surface area contributed by atoms with Crippen molar-refractivity contribution < 1.29 is 4.39 Å². The summed E-state index contributed by atoms with van der Waals surface area (Å²) in [6.45, 7) is 15.4. The summed E-state index contributed by atoms with van der Waals surface area (Å²) in [7, 11) is 3.75. The van der Waals surface area contributed by atoms with Crippen LogP contribution in [0.2, 0.25) is 0 Å². The lowest BCUT2D eigenvalue weighted by Gasteiger charge is -2.44. The molecule has 196 valence electrons. The van der Waals surface area contributed by atoms with Crippen molar-refractivity contribution in [3.8, 4) is 0 Å². The summed E-state index contributed by atoms with van der Waals surface area (Å²) in [6.07, 6.45) is 5.71. The highest BCUT2D eigenvalue weighted by Gasteiger charge is 2.38. The van der Waals surface area contributed by atoms with Crippen LogP contribution in [0.3, 0.4) is 0 Å². The van der Waals surface area contributed by atoms with Gasteiger partial charge in [-0.3, -0.25) is 9.79 Å². The summed E-state index contributed by atoms with van der Waals surface area (Å²) in [5.74, 6) is 0.665. The van der Waals surface area contributed by atoms with Gasteiger partial charge in [0.25, 0.3) is 0 Å². The number of fused-ring (bicyclic) bond motifs is 1. The van der Waals surface area contributed by atoms with Crippen LogP contribution in [0, 0.1) is 17.2 Å². The minimum absolute atomic E-state index is 0.0783. The summed E-state index contributed by atoms with van der Waals surface area (Å²) in [5.41, 5.74) is 6.45. The van der Waals surface area contributed by atoms with Crippen LogP contribution < -0.4 is 10.7 Å². The van der Waals surface area contributed by atoms with Crippen LogP contribution in [0.25, 0.3) is 11.3 Å². The molecule has 1 N–H and O–H groups in total. The van der Waals surface area contributed by atoms with Crippen LogP contribution in [0.15, 0.2) is 70.2 Å². The maximum Gasteiger partial charge on any atom is 0.193 e. The molecule has 0 unspecified atom stereocenters. The molecule has 0 spiro atoms. The van der Waals surface area contributed by atoms with E-state index >= 15 is 0 Å². The minimum atomic E-state index is -0.266. The Morgan fingerprint density at radius 2 is 1.92 bits per heavy atom. The second-order valence-electron chi connectivity index (χ2n) is 11.4. The van der Waals surface area contributed by atoms with Gasteiger partial charge in [0.2, 0.25) is 0 Å². The third kappa shape index (κ3) is 5.20. The number of hydrogen-bond acceptors (Lipinski definition) is 3. The summed E-state index contributed by atoms with van der Waals surface area (Å²) < 4.78 is 16.8. The van der Waals surface area contributed by atoms with Crippen molar-refractivity contribution in [2.45, 2.75) is 53.5 Å². The van der Waals surface area contributed by atoms with Crippen LogP contribution in [-0.4, -0.2) is 35.9 Å². The highest BCUT2D eigenvalue weighted by atomic mass is 19.1. The van der Waals surface area contributed by atoms with E-state index in [0.717, 1.165) is 41.9 Å². The molecule has 4 rings (SSSR count). The fourth-order valence-electron chi connectivity index (χ4n) is 5.48. The van der Waals surface area contributed by atoms with E-state index in [9.17, 15) is 9.18 Å². The third-order valence-corrected chi connectivity index (χ3v) is 7.35. The fourth-order valence-corrected chi connectivity index (χ4v) is 5.48. The van der Waals surface area contributed by atoms with Gasteiger partial charge in [0.15, 0.2) is 5.43 Å². The van der Waals surface area contributed by atoms with Gasteiger partial charge < -0.3 is 14.8 Å². The van der Waals surface area contributed by atoms with Crippen molar-refractivity contribution in [3.63, 3.8) is 0 Å². The number of nitrogens with one attached hydrogen (secondary N) is 1. The van der Waals surface area contributed by atoms with Gasteiger partial charge >= 0.3 is 0 Å². The normalized spacial score (nSPS) is 19.3. The number of amidine groups is 1. The molecule has 0 amide bonds. The lowest BCUT2D eigenvalue weighted by Crippen LogP contribution is -2.42. The van der Waals surface area contributed by atoms with Gasteiger partial charge in [0.05, 0.1) is 23.0 Å². The second-order valence-corrected chi connectivity index (χ2v) is 11.4. The number of rotatable bonds is 5. The van der Waals surface area contributed by atoms with Crippen LogP contribution in [0.4, 0.5) is 4.39 Å². The Labute approximate surface area is 220 Å². The molecule has 6 heteroatoms. The van der Waals surface area contributed by atoms with E-state index < -0.39 is 0 Å². The third-order valence-electron chi connectivity index (χ3n) is 7.35. The van der Waals surface area contributed by atoms with E-state index in [2.05, 4.69) is 68.0 Å². The molecule has 0 radical (unpaired) electrons. The van der Waals surface area contributed by atoms with Crippen molar-refractivity contribution in [3.05, 3.63) is 93.3 Å². The SMILES string of the molecule is C=CNC(=NC)c1cn2c(cc1=O)/C(=C(/C(=C(C)C)C1CC1)c1cccc(F)c1)N(C)C[C@H]2C(C)(C)C. The summed E-state index contributed by atoms with van der Waals surface area (Å²) in [4.78, 5) is 20.1. The maximum atomic E-state index is 14.6. The van der Waals surface area contributed by atoms with Crippen molar-refractivity contribution in [1.29, 1.82) is 0 Å². The van der Waals surface area contributed by atoms with Gasteiger partial charge in [-0.1, -0.05) is 45.1 Å². The fraction of sp³-hybridized carbons (Fsp3) is 0.419. The number of benzene rings is 1. The van der Waals surface area contributed by atoms with Gasteiger partial charge in [-0.25, -0.2) is 4.39 Å². The lowest BCUT2D eigenvalue weighted by atomic mass is 9.82. The number of halogens is 1. The average Bonchev–Trinajstić information content (AvgIpc) is 3.65. The minimum Gasteiger partial charge on any atom is -0.370 e. The molecular formula is C31H39FN4O. The summed E-state index contributed by atoms with van der Waals surface area (Å²) in [6, 6.07) is 8.67. The molecule has 2 aromatic rings. The monoisotopic (exact) mass is 502 g/mol. The molecule has 1 atom stereocenters. The quantitative estimate of drug-likeness (QED) is 0.389. The number of nitrogens with zero attached hydrogens (tertiary/aromatic N) is 3. The summed E-state index contributed by atoms with van der Waals surface area (Å²) in [5, 5.41) is 3.01. The zero-order chi connectivity index (χ0) is 27.1. The first kappa shape index (κ1) is 26.6. The Hall–Kier alpha value is -3.41. The first-order valence-corrected chi connectivity index (χ1v) is 13.0. The molecule has 1 aromatic carbocycles. The Balaban J connectivity index is 2.12. The molecule has 1 aliphatic heterocycles. The Kier molecular flexibility index (Phi) is 7.31. The van der Waals surface area contributed by atoms with E-state index in [4.69, 9.17) is 0 Å². The van der Waals surface area contributed by atoms with Gasteiger partial charge in [0.1, 0.15) is 11.7 Å². The van der Waals surface area contributed by atoms with E-state index in [1.54, 1.807) is 25.2 Å². The molecule has 2 heterocycles. The molecule has 0 saturated heterocycles. The predicted octanol–water partition coefficient (Wildman–Crippen LogP) is 6.24. The molecule has 37 heavy (non-hydrogen) atoms. The van der Waals surface area contributed by atoms with Crippen molar-refractivity contribution in [2.75, 3.05) is 20.6 Å². The summed E-state index contributed by atoms with van der Waals surface area (Å²) >= 11 is 0. The zero-order valence-electron chi connectivity index (χ0n) is 23.2. The number of hydrogen-bond donors (Lipinski definition) is 1. The van der Waals surface area contributed by atoms with Crippen molar-refractivity contribution >= 4 is 17.1 Å². The first-order chi connectivity index (χ1) is 17.5. The van der Waals surface area contributed by atoms with Crippen molar-refractivity contribution in [2.24, 2.45) is 16.3 Å². The number of allylic oxidation sites excluding steroid dienone is 3. The van der Waals surface area contributed by atoms with Crippen LogP contribution >= 0.6 is 0 Å². The van der Waals surface area contributed by atoms with E-state index in [-0.39, 0.29) is 22.7 Å². The van der Waals surface area contributed by atoms with Crippen LogP contribution in [-0.2, 0) is 0 Å². The number of pyridine rings is 1. The highest BCUT2D eigenvalue weighted by molar-refractivity contribution is 6.01. The number of aliphatic imine (C=N–C) groups is 1. The maximum absolute atomic E-state index is 14.6. The molecule has 1 aromatic heterocycles. The molecule has 5 nitrogen and oxygen atoms in total.